The number of piperidine rings is 3. The van der Waals surface area contributed by atoms with Gasteiger partial charge < -0.3 is 10.2 Å². The van der Waals surface area contributed by atoms with Crippen LogP contribution in [0.4, 0.5) is 5.69 Å². The van der Waals surface area contributed by atoms with Crippen LogP contribution in [0.1, 0.15) is 24.8 Å². The van der Waals surface area contributed by atoms with Gasteiger partial charge in [-0.15, -0.1) is 0 Å². The lowest BCUT2D eigenvalue weighted by atomic mass is 9.77. The summed E-state index contributed by atoms with van der Waals surface area (Å²) in [5.41, 5.74) is 3.53. The Kier molecular flexibility index (Phi) is 4.73. The van der Waals surface area contributed by atoms with Crippen molar-refractivity contribution in [2.24, 2.45) is 11.8 Å². The number of rotatable bonds is 4. The number of nitrogens with zero attached hydrogens (tertiary/aromatic N) is 2. The molecule has 0 spiro atoms. The van der Waals surface area contributed by atoms with E-state index in [1.807, 2.05) is 42.5 Å². The van der Waals surface area contributed by atoms with Crippen LogP contribution in [0.25, 0.3) is 11.1 Å². The first-order chi connectivity index (χ1) is 12.7. The summed E-state index contributed by atoms with van der Waals surface area (Å²) in [7, 11) is 0. The molecule has 4 nitrogen and oxygen atoms in total. The van der Waals surface area contributed by atoms with Crippen LogP contribution in [-0.4, -0.2) is 30.4 Å². The van der Waals surface area contributed by atoms with E-state index in [1.165, 1.54) is 25.9 Å². The van der Waals surface area contributed by atoms with Gasteiger partial charge in [0, 0.05) is 18.7 Å². The van der Waals surface area contributed by atoms with Gasteiger partial charge in [-0.1, -0.05) is 24.3 Å². The van der Waals surface area contributed by atoms with Crippen LogP contribution in [0.5, 0.6) is 0 Å². The smallest absolute Gasteiger partial charge is 0.224 e. The van der Waals surface area contributed by atoms with Crippen molar-refractivity contribution in [3.05, 3.63) is 54.1 Å². The van der Waals surface area contributed by atoms with Crippen LogP contribution in [-0.2, 0) is 4.79 Å². The Balaban J connectivity index is 1.38. The summed E-state index contributed by atoms with van der Waals surface area (Å²) in [6, 6.07) is 17.6. The summed E-state index contributed by atoms with van der Waals surface area (Å²) in [6.45, 7) is 3.49. The molecule has 26 heavy (non-hydrogen) atoms. The second-order valence-corrected chi connectivity index (χ2v) is 7.42. The van der Waals surface area contributed by atoms with Gasteiger partial charge in [0.1, 0.15) is 0 Å². The van der Waals surface area contributed by atoms with Crippen LogP contribution >= 0.6 is 0 Å². The summed E-state index contributed by atoms with van der Waals surface area (Å²) in [5, 5.41) is 12.1. The molecule has 1 atom stereocenters. The van der Waals surface area contributed by atoms with E-state index >= 15 is 0 Å². The fraction of sp³-hybridized carbons (Fsp3) is 0.364. The highest BCUT2D eigenvalue weighted by Crippen LogP contribution is 2.34. The summed E-state index contributed by atoms with van der Waals surface area (Å²) in [4.78, 5) is 14.9. The third-order valence-electron chi connectivity index (χ3n) is 5.73. The topological polar surface area (TPSA) is 56.1 Å². The molecule has 1 unspecified atom stereocenters. The van der Waals surface area contributed by atoms with Crippen molar-refractivity contribution in [1.82, 2.24) is 4.90 Å². The van der Waals surface area contributed by atoms with E-state index in [-0.39, 0.29) is 5.91 Å². The summed E-state index contributed by atoms with van der Waals surface area (Å²) in [5.74, 6) is 1.34. The molecule has 0 aromatic heterocycles. The van der Waals surface area contributed by atoms with Crippen molar-refractivity contribution in [2.75, 3.05) is 25.0 Å². The average Bonchev–Trinajstić information content (AvgIpc) is 2.69. The van der Waals surface area contributed by atoms with Gasteiger partial charge in [0.2, 0.25) is 5.91 Å². The highest BCUT2D eigenvalue weighted by molar-refractivity contribution is 5.91. The molecule has 3 heterocycles. The van der Waals surface area contributed by atoms with Crippen LogP contribution < -0.4 is 5.32 Å². The third kappa shape index (κ3) is 3.63. The van der Waals surface area contributed by atoms with Crippen molar-refractivity contribution in [3.8, 4) is 17.2 Å². The summed E-state index contributed by atoms with van der Waals surface area (Å²) < 4.78 is 0. The predicted octanol–water partition coefficient (Wildman–Crippen LogP) is 3.90. The van der Waals surface area contributed by atoms with Crippen molar-refractivity contribution in [2.45, 2.75) is 19.3 Å². The molecule has 2 aromatic rings. The zero-order valence-electron chi connectivity index (χ0n) is 14.8. The minimum atomic E-state index is 0.114. The average molecular weight is 345 g/mol. The first kappa shape index (κ1) is 16.8. The van der Waals surface area contributed by atoms with Crippen molar-refractivity contribution >= 4 is 11.6 Å². The SMILES string of the molecule is N#Cc1cccc(-c2ccc(NC(=O)CC3CN4CCC3CC4)cc2)c1. The summed E-state index contributed by atoms with van der Waals surface area (Å²) in [6.07, 6.45) is 3.11. The maximum atomic E-state index is 12.4. The molecule has 1 N–H and O–H groups in total. The third-order valence-corrected chi connectivity index (χ3v) is 5.73. The molecule has 3 aliphatic rings. The fourth-order valence-corrected chi connectivity index (χ4v) is 4.28. The van der Waals surface area contributed by atoms with Gasteiger partial charge in [0.25, 0.3) is 0 Å². The Bertz CT molecular complexity index is 829. The first-order valence-electron chi connectivity index (χ1n) is 9.34. The molecule has 0 saturated carbocycles. The standard InChI is InChI=1S/C22H23N3O/c23-14-16-2-1-3-19(12-16)17-4-6-21(7-5-17)24-22(26)13-20-15-25-10-8-18(20)9-11-25/h1-7,12,18,20H,8-11,13,15H2,(H,24,26). The molecule has 3 fully saturated rings. The number of anilines is 1. The predicted molar refractivity (Wildman–Crippen MR) is 102 cm³/mol. The number of carbonyl (C=O) groups excluding carboxylic acids is 1. The van der Waals surface area contributed by atoms with Gasteiger partial charge in [-0.25, -0.2) is 0 Å². The Labute approximate surface area is 154 Å². The number of nitriles is 1. The van der Waals surface area contributed by atoms with E-state index in [2.05, 4.69) is 16.3 Å². The maximum absolute atomic E-state index is 12.4. The normalized spacial score (nSPS) is 24.0. The molecule has 0 radical (unpaired) electrons. The first-order valence-corrected chi connectivity index (χ1v) is 9.34. The molecule has 4 heteroatoms. The highest BCUT2D eigenvalue weighted by atomic mass is 16.1. The molecule has 5 rings (SSSR count). The molecule has 0 aliphatic carbocycles. The van der Waals surface area contributed by atoms with E-state index in [1.54, 1.807) is 6.07 Å². The molecular weight excluding hydrogens is 322 g/mol. The van der Waals surface area contributed by atoms with Crippen molar-refractivity contribution in [1.29, 1.82) is 5.26 Å². The van der Waals surface area contributed by atoms with Crippen LogP contribution in [0.3, 0.4) is 0 Å². The molecule has 3 saturated heterocycles. The largest absolute Gasteiger partial charge is 0.326 e. The molecule has 2 aromatic carbocycles. The van der Waals surface area contributed by atoms with E-state index in [0.717, 1.165) is 29.3 Å². The zero-order chi connectivity index (χ0) is 17.9. The minimum Gasteiger partial charge on any atom is -0.326 e. The number of carbonyl (C=O) groups is 1. The Hall–Kier alpha value is -2.64. The quantitative estimate of drug-likeness (QED) is 0.914. The zero-order valence-corrected chi connectivity index (χ0v) is 14.8. The highest BCUT2D eigenvalue weighted by Gasteiger charge is 2.34. The number of amides is 1. The van der Waals surface area contributed by atoms with Crippen LogP contribution in [0.2, 0.25) is 0 Å². The number of fused-ring (bicyclic) bond motifs is 3. The monoisotopic (exact) mass is 345 g/mol. The number of hydrogen-bond donors (Lipinski definition) is 1. The minimum absolute atomic E-state index is 0.114. The lowest BCUT2D eigenvalue weighted by molar-refractivity contribution is -0.118. The number of benzene rings is 2. The lowest BCUT2D eigenvalue weighted by Crippen LogP contribution is -2.48. The van der Waals surface area contributed by atoms with Gasteiger partial charge in [0.05, 0.1) is 11.6 Å². The van der Waals surface area contributed by atoms with Crippen molar-refractivity contribution in [3.63, 3.8) is 0 Å². The van der Waals surface area contributed by atoms with E-state index in [9.17, 15) is 4.79 Å². The van der Waals surface area contributed by atoms with Gasteiger partial charge in [-0.05, 0) is 73.2 Å². The van der Waals surface area contributed by atoms with Gasteiger partial charge in [-0.3, -0.25) is 4.79 Å². The molecule has 3 aliphatic heterocycles. The van der Waals surface area contributed by atoms with Gasteiger partial charge in [-0.2, -0.15) is 5.26 Å². The Morgan fingerprint density at radius 2 is 1.88 bits per heavy atom. The Morgan fingerprint density at radius 3 is 2.54 bits per heavy atom. The molecule has 132 valence electrons. The molecule has 1 amide bonds. The molecule has 2 bridgehead atoms. The fourth-order valence-electron chi connectivity index (χ4n) is 4.28. The molecular formula is C22H23N3O. The van der Waals surface area contributed by atoms with Gasteiger partial charge in [0.15, 0.2) is 0 Å². The summed E-state index contributed by atoms with van der Waals surface area (Å²) >= 11 is 0. The maximum Gasteiger partial charge on any atom is 0.224 e. The van der Waals surface area contributed by atoms with Crippen LogP contribution in [0, 0.1) is 23.2 Å². The second-order valence-electron chi connectivity index (χ2n) is 7.42. The number of nitrogens with one attached hydrogen (secondary N) is 1. The lowest BCUT2D eigenvalue weighted by Gasteiger charge is -2.44. The van der Waals surface area contributed by atoms with E-state index in [0.29, 0.717) is 17.9 Å². The van der Waals surface area contributed by atoms with E-state index < -0.39 is 0 Å². The Morgan fingerprint density at radius 1 is 1.12 bits per heavy atom. The number of hydrogen-bond acceptors (Lipinski definition) is 3. The van der Waals surface area contributed by atoms with Crippen LogP contribution in [0.15, 0.2) is 48.5 Å². The van der Waals surface area contributed by atoms with Gasteiger partial charge >= 0.3 is 0 Å². The second kappa shape index (κ2) is 7.31. The van der Waals surface area contributed by atoms with Crippen molar-refractivity contribution < 1.29 is 4.79 Å². The van der Waals surface area contributed by atoms with E-state index in [4.69, 9.17) is 5.26 Å².